The summed E-state index contributed by atoms with van der Waals surface area (Å²) in [6.45, 7) is 2.35. The molecule has 4 rings (SSSR count). The molecule has 1 N–H and O–H groups in total. The number of hydrogen-bond acceptors (Lipinski definition) is 8. The zero-order valence-corrected chi connectivity index (χ0v) is 19.1. The van der Waals surface area contributed by atoms with Crippen LogP contribution in [0.1, 0.15) is 0 Å². The van der Waals surface area contributed by atoms with Crippen molar-refractivity contribution in [2.45, 2.75) is 0 Å². The molecule has 0 radical (unpaired) electrons. The Kier molecular flexibility index (Phi) is 6.53. The molecule has 10 heteroatoms. The predicted octanol–water partition coefficient (Wildman–Crippen LogP) is 3.02. The van der Waals surface area contributed by atoms with Gasteiger partial charge in [-0.3, -0.25) is 0 Å². The Morgan fingerprint density at radius 3 is 2.21 bits per heavy atom. The lowest BCUT2D eigenvalue weighted by Crippen LogP contribution is -2.50. The van der Waals surface area contributed by atoms with Crippen LogP contribution in [0.2, 0.25) is 0 Å². The van der Waals surface area contributed by atoms with Crippen molar-refractivity contribution in [3.05, 3.63) is 36.7 Å². The number of anilines is 2. The first-order valence-electron chi connectivity index (χ1n) is 10.5. The molecule has 0 spiro atoms. The summed E-state index contributed by atoms with van der Waals surface area (Å²) in [5.74, 6) is 3.23. The molecule has 0 bridgehead atoms. The van der Waals surface area contributed by atoms with E-state index in [4.69, 9.17) is 18.9 Å². The Morgan fingerprint density at radius 2 is 1.55 bits per heavy atom. The number of hydrogen-bond donors (Lipinski definition) is 1. The fourth-order valence-corrected chi connectivity index (χ4v) is 3.84. The first-order valence-corrected chi connectivity index (χ1v) is 10.5. The lowest BCUT2D eigenvalue weighted by atomic mass is 10.2. The quantitative estimate of drug-likeness (QED) is 0.608. The first kappa shape index (κ1) is 22.3. The van der Waals surface area contributed by atoms with Crippen molar-refractivity contribution in [1.29, 1.82) is 0 Å². The highest BCUT2D eigenvalue weighted by Crippen LogP contribution is 2.35. The summed E-state index contributed by atoms with van der Waals surface area (Å²) >= 11 is 0. The zero-order chi connectivity index (χ0) is 23.4. The fraction of sp³-hybridized carbons (Fsp3) is 0.348. The average molecular weight is 453 g/mol. The third-order valence-electron chi connectivity index (χ3n) is 5.64. The minimum atomic E-state index is -0.183. The zero-order valence-electron chi connectivity index (χ0n) is 19.1. The van der Waals surface area contributed by atoms with E-state index in [9.17, 15) is 4.79 Å². The molecule has 2 amide bonds. The van der Waals surface area contributed by atoms with Gasteiger partial charge in [0.15, 0.2) is 11.5 Å². The normalized spacial score (nSPS) is 13.6. The van der Waals surface area contributed by atoms with Gasteiger partial charge in [0.05, 0.1) is 39.6 Å². The number of nitrogens with one attached hydrogen (secondary N) is 1. The van der Waals surface area contributed by atoms with Crippen molar-refractivity contribution in [2.24, 2.45) is 0 Å². The number of methoxy groups -OCH3 is 4. The lowest BCUT2D eigenvalue weighted by Gasteiger charge is -2.35. The molecular formula is C23H27N5O5. The van der Waals surface area contributed by atoms with Gasteiger partial charge in [-0.1, -0.05) is 0 Å². The van der Waals surface area contributed by atoms with Crippen LogP contribution in [0.15, 0.2) is 36.7 Å². The van der Waals surface area contributed by atoms with Crippen molar-refractivity contribution in [1.82, 2.24) is 14.9 Å². The Bertz CT molecular complexity index is 1150. The van der Waals surface area contributed by atoms with E-state index < -0.39 is 0 Å². The van der Waals surface area contributed by atoms with Gasteiger partial charge in [0, 0.05) is 43.7 Å². The van der Waals surface area contributed by atoms with Crippen molar-refractivity contribution in [3.8, 4) is 23.0 Å². The van der Waals surface area contributed by atoms with E-state index in [-0.39, 0.29) is 6.03 Å². The Hall–Kier alpha value is -3.95. The van der Waals surface area contributed by atoms with Crippen LogP contribution in [0.25, 0.3) is 10.9 Å². The van der Waals surface area contributed by atoms with Gasteiger partial charge in [-0.15, -0.1) is 0 Å². The van der Waals surface area contributed by atoms with Crippen LogP contribution in [-0.4, -0.2) is 75.5 Å². The molecule has 2 heterocycles. The summed E-state index contributed by atoms with van der Waals surface area (Å²) in [7, 11) is 6.33. The van der Waals surface area contributed by atoms with Gasteiger partial charge in [-0.05, 0) is 18.2 Å². The smallest absolute Gasteiger partial charge is 0.322 e. The van der Waals surface area contributed by atoms with E-state index in [1.54, 1.807) is 57.9 Å². The Morgan fingerprint density at radius 1 is 0.848 bits per heavy atom. The van der Waals surface area contributed by atoms with Crippen molar-refractivity contribution >= 4 is 28.4 Å². The van der Waals surface area contributed by atoms with Crippen LogP contribution >= 0.6 is 0 Å². The van der Waals surface area contributed by atoms with Gasteiger partial charge in [-0.2, -0.15) is 0 Å². The number of carbonyl (C=O) groups is 1. The molecule has 1 saturated heterocycles. The van der Waals surface area contributed by atoms with E-state index in [0.717, 1.165) is 16.7 Å². The molecule has 3 aromatic rings. The van der Waals surface area contributed by atoms with Crippen LogP contribution in [0.5, 0.6) is 23.0 Å². The maximum Gasteiger partial charge on any atom is 0.322 e. The number of benzene rings is 2. The first-order chi connectivity index (χ1) is 16.1. The largest absolute Gasteiger partial charge is 0.497 e. The molecule has 1 aromatic heterocycles. The highest BCUT2D eigenvalue weighted by atomic mass is 16.5. The van der Waals surface area contributed by atoms with Gasteiger partial charge in [0.25, 0.3) is 0 Å². The topological polar surface area (TPSA) is 98.3 Å². The average Bonchev–Trinajstić information content (AvgIpc) is 2.87. The van der Waals surface area contributed by atoms with E-state index in [1.807, 2.05) is 12.1 Å². The number of fused-ring (bicyclic) bond motifs is 1. The second-order valence-corrected chi connectivity index (χ2v) is 7.39. The molecule has 0 aliphatic carbocycles. The van der Waals surface area contributed by atoms with Crippen LogP contribution in [-0.2, 0) is 0 Å². The van der Waals surface area contributed by atoms with E-state index in [1.165, 1.54) is 0 Å². The summed E-state index contributed by atoms with van der Waals surface area (Å²) in [5, 5.41) is 3.80. The Balaban J connectivity index is 1.47. The standard InChI is InChI=1S/C23H27N5O5/c1-30-15-5-6-17(19(11-15)31-2)26-23(29)28-9-7-27(8-10-28)22-16-12-20(32-3)21(33-4)13-18(16)24-14-25-22/h5-6,11-14H,7-10H2,1-4H3,(H,26,29). The van der Waals surface area contributed by atoms with Crippen LogP contribution in [0.3, 0.4) is 0 Å². The molecule has 33 heavy (non-hydrogen) atoms. The highest BCUT2D eigenvalue weighted by Gasteiger charge is 2.24. The predicted molar refractivity (Wildman–Crippen MR) is 125 cm³/mol. The molecule has 0 unspecified atom stereocenters. The molecule has 1 aliphatic heterocycles. The van der Waals surface area contributed by atoms with Crippen LogP contribution in [0.4, 0.5) is 16.3 Å². The molecule has 174 valence electrons. The number of rotatable bonds is 6. The van der Waals surface area contributed by atoms with Crippen LogP contribution < -0.4 is 29.2 Å². The Labute approximate surface area is 192 Å². The van der Waals surface area contributed by atoms with Gasteiger partial charge < -0.3 is 34.1 Å². The van der Waals surface area contributed by atoms with Crippen LogP contribution in [0, 0.1) is 0 Å². The third kappa shape index (κ3) is 4.50. The SMILES string of the molecule is COc1ccc(NC(=O)N2CCN(c3ncnc4cc(OC)c(OC)cc34)CC2)c(OC)c1. The molecule has 1 aliphatic rings. The molecule has 10 nitrogen and oxygen atoms in total. The molecule has 0 saturated carbocycles. The minimum absolute atomic E-state index is 0.183. The number of amides is 2. The van der Waals surface area contributed by atoms with E-state index >= 15 is 0 Å². The van der Waals surface area contributed by atoms with E-state index in [0.29, 0.717) is 54.9 Å². The van der Waals surface area contributed by atoms with Gasteiger partial charge in [0.1, 0.15) is 23.6 Å². The van der Waals surface area contributed by atoms with E-state index in [2.05, 4.69) is 20.2 Å². The monoisotopic (exact) mass is 453 g/mol. The molecule has 1 fully saturated rings. The molecule has 2 aromatic carbocycles. The number of urea groups is 1. The summed E-state index contributed by atoms with van der Waals surface area (Å²) in [6.07, 6.45) is 1.54. The maximum atomic E-state index is 12.9. The second-order valence-electron chi connectivity index (χ2n) is 7.39. The van der Waals surface area contributed by atoms with Crippen molar-refractivity contribution < 1.29 is 23.7 Å². The lowest BCUT2D eigenvalue weighted by molar-refractivity contribution is 0.208. The number of ether oxygens (including phenoxy) is 4. The number of nitrogens with zero attached hydrogens (tertiary/aromatic N) is 4. The summed E-state index contributed by atoms with van der Waals surface area (Å²) in [4.78, 5) is 25.7. The number of carbonyl (C=O) groups excluding carboxylic acids is 1. The molecular weight excluding hydrogens is 426 g/mol. The fourth-order valence-electron chi connectivity index (χ4n) is 3.84. The summed E-state index contributed by atoms with van der Waals surface area (Å²) in [5.41, 5.74) is 1.36. The van der Waals surface area contributed by atoms with Gasteiger partial charge >= 0.3 is 6.03 Å². The maximum absolute atomic E-state index is 12.9. The summed E-state index contributed by atoms with van der Waals surface area (Å²) < 4.78 is 21.4. The van der Waals surface area contributed by atoms with Gasteiger partial charge in [-0.25, -0.2) is 14.8 Å². The number of piperazine rings is 1. The highest BCUT2D eigenvalue weighted by molar-refractivity contribution is 5.93. The molecule has 0 atom stereocenters. The summed E-state index contributed by atoms with van der Waals surface area (Å²) in [6, 6.07) is 8.82. The van der Waals surface area contributed by atoms with Gasteiger partial charge in [0.2, 0.25) is 0 Å². The minimum Gasteiger partial charge on any atom is -0.497 e. The number of aromatic nitrogens is 2. The third-order valence-corrected chi connectivity index (χ3v) is 5.64. The van der Waals surface area contributed by atoms with Crippen molar-refractivity contribution in [2.75, 3.05) is 64.8 Å². The second kappa shape index (κ2) is 9.68. The van der Waals surface area contributed by atoms with Crippen molar-refractivity contribution in [3.63, 3.8) is 0 Å².